The Morgan fingerprint density at radius 1 is 1.29 bits per heavy atom. The fourth-order valence-electron chi connectivity index (χ4n) is 2.51. The average molecular weight is 406 g/mol. The fraction of sp³-hybridized carbons (Fsp3) is 0.286. The van der Waals surface area contributed by atoms with Crippen LogP contribution in [-0.2, 0) is 6.42 Å². The summed E-state index contributed by atoms with van der Waals surface area (Å²) in [6.45, 7) is 3.56. The Labute approximate surface area is 132 Å². The van der Waals surface area contributed by atoms with Crippen LogP contribution in [0, 0.1) is 13.8 Å². The van der Waals surface area contributed by atoms with Crippen molar-refractivity contribution in [3.05, 3.63) is 40.5 Å². The van der Waals surface area contributed by atoms with Gasteiger partial charge in [-0.2, -0.15) is 13.2 Å². The van der Waals surface area contributed by atoms with E-state index in [0.717, 1.165) is 11.1 Å². The summed E-state index contributed by atoms with van der Waals surface area (Å²) < 4.78 is 44.2. The van der Waals surface area contributed by atoms with E-state index in [1.807, 2.05) is 0 Å². The van der Waals surface area contributed by atoms with E-state index in [4.69, 9.17) is 4.52 Å². The van der Waals surface area contributed by atoms with Crippen LogP contribution >= 0.6 is 22.6 Å². The number of halogens is 4. The molecule has 0 spiro atoms. The molecule has 0 amide bonds. The largest absolute Gasteiger partial charge is 0.414 e. The molecule has 0 unspecified atom stereocenters. The molecule has 0 aromatic carbocycles. The molecule has 2 aromatic heterocycles. The Morgan fingerprint density at radius 3 is 2.57 bits per heavy atom. The van der Waals surface area contributed by atoms with E-state index in [1.54, 1.807) is 48.7 Å². The standard InChI is InChI=1S/C14H10F3IN2O/c1-6-11(7(2)21-20-6)9-3-8-4-10(14(15,16)17)12(18)13(8)19-5-9/h3,5H,4H2,1-2H3. The summed E-state index contributed by atoms with van der Waals surface area (Å²) in [5.74, 6) is 0.631. The van der Waals surface area contributed by atoms with Gasteiger partial charge in [0.15, 0.2) is 0 Å². The van der Waals surface area contributed by atoms with E-state index in [0.29, 0.717) is 22.7 Å². The predicted molar refractivity (Wildman–Crippen MR) is 79.9 cm³/mol. The summed E-state index contributed by atoms with van der Waals surface area (Å²) in [6.07, 6.45) is -2.88. The van der Waals surface area contributed by atoms with Crippen LogP contribution in [0.4, 0.5) is 13.2 Å². The van der Waals surface area contributed by atoms with Crippen molar-refractivity contribution in [3.63, 3.8) is 0 Å². The number of fused-ring (bicyclic) bond motifs is 1. The molecule has 3 nitrogen and oxygen atoms in total. The highest BCUT2D eigenvalue weighted by atomic mass is 127. The van der Waals surface area contributed by atoms with Crippen molar-refractivity contribution in [3.8, 4) is 11.1 Å². The first kappa shape index (κ1) is 14.6. The zero-order chi connectivity index (χ0) is 15.4. The molecule has 2 aromatic rings. The van der Waals surface area contributed by atoms with Gasteiger partial charge in [-0.25, -0.2) is 0 Å². The van der Waals surface area contributed by atoms with Crippen LogP contribution in [0.3, 0.4) is 0 Å². The van der Waals surface area contributed by atoms with Crippen molar-refractivity contribution in [2.75, 3.05) is 0 Å². The highest BCUT2D eigenvalue weighted by Gasteiger charge is 2.40. The van der Waals surface area contributed by atoms with Crippen molar-refractivity contribution >= 4 is 26.2 Å². The zero-order valence-electron chi connectivity index (χ0n) is 11.2. The number of hydrogen-bond acceptors (Lipinski definition) is 3. The summed E-state index contributed by atoms with van der Waals surface area (Å²) in [5, 5.41) is 3.86. The maximum absolute atomic E-state index is 13.0. The molecule has 2 heterocycles. The molecule has 0 fully saturated rings. The third-order valence-electron chi connectivity index (χ3n) is 3.47. The number of aryl methyl sites for hydroxylation is 2. The zero-order valence-corrected chi connectivity index (χ0v) is 13.3. The number of pyridine rings is 1. The maximum atomic E-state index is 13.0. The second-order valence-corrected chi connectivity index (χ2v) is 5.98. The van der Waals surface area contributed by atoms with Crippen molar-refractivity contribution in [1.29, 1.82) is 0 Å². The number of aromatic nitrogens is 2. The van der Waals surface area contributed by atoms with Crippen molar-refractivity contribution in [2.45, 2.75) is 26.4 Å². The first-order chi connectivity index (χ1) is 9.79. The van der Waals surface area contributed by atoms with Crippen LogP contribution in [0.15, 0.2) is 22.4 Å². The Morgan fingerprint density at radius 2 is 2.00 bits per heavy atom. The quantitative estimate of drug-likeness (QED) is 0.649. The van der Waals surface area contributed by atoms with Crippen LogP contribution in [0.25, 0.3) is 14.7 Å². The van der Waals surface area contributed by atoms with Crippen molar-refractivity contribution < 1.29 is 17.7 Å². The lowest BCUT2D eigenvalue weighted by Gasteiger charge is -2.07. The van der Waals surface area contributed by atoms with E-state index >= 15 is 0 Å². The molecule has 0 N–H and O–H groups in total. The van der Waals surface area contributed by atoms with Gasteiger partial charge in [0.05, 0.1) is 17.0 Å². The van der Waals surface area contributed by atoms with Gasteiger partial charge < -0.3 is 4.52 Å². The van der Waals surface area contributed by atoms with Crippen LogP contribution in [0.1, 0.15) is 22.7 Å². The van der Waals surface area contributed by atoms with Gasteiger partial charge in [-0.05, 0) is 48.1 Å². The predicted octanol–water partition coefficient (Wildman–Crippen LogP) is 4.62. The highest BCUT2D eigenvalue weighted by molar-refractivity contribution is 14.1. The molecule has 21 heavy (non-hydrogen) atoms. The molecule has 110 valence electrons. The third-order valence-corrected chi connectivity index (χ3v) is 4.63. The molecule has 0 radical (unpaired) electrons. The Bertz CT molecular complexity index is 743. The number of nitrogens with zero attached hydrogens (tertiary/aromatic N) is 2. The minimum absolute atomic E-state index is 0.138. The fourth-order valence-corrected chi connectivity index (χ4v) is 3.49. The first-order valence-electron chi connectivity index (χ1n) is 6.17. The number of alkyl halides is 3. The molecule has 0 saturated heterocycles. The molecule has 1 aliphatic carbocycles. The molecule has 1 aliphatic rings. The summed E-state index contributed by atoms with van der Waals surface area (Å²) >= 11 is 1.72. The second kappa shape index (κ2) is 4.82. The summed E-state index contributed by atoms with van der Waals surface area (Å²) in [5.41, 5.74) is 2.70. The van der Waals surface area contributed by atoms with E-state index in [9.17, 15) is 13.2 Å². The smallest absolute Gasteiger partial charge is 0.361 e. The van der Waals surface area contributed by atoms with Gasteiger partial charge in [-0.15, -0.1) is 0 Å². The van der Waals surface area contributed by atoms with Crippen molar-refractivity contribution in [1.82, 2.24) is 10.1 Å². The molecule has 0 saturated carbocycles. The number of rotatable bonds is 1. The molecular formula is C14H10F3IN2O. The van der Waals surface area contributed by atoms with E-state index in [2.05, 4.69) is 10.1 Å². The third kappa shape index (κ3) is 2.37. The van der Waals surface area contributed by atoms with Gasteiger partial charge in [0, 0.05) is 27.3 Å². The van der Waals surface area contributed by atoms with E-state index < -0.39 is 11.7 Å². The normalized spacial score (nSPS) is 14.8. The van der Waals surface area contributed by atoms with Crippen LogP contribution in [0.5, 0.6) is 0 Å². The summed E-state index contributed by atoms with van der Waals surface area (Å²) in [6, 6.07) is 1.74. The Hall–Kier alpha value is -1.38. The van der Waals surface area contributed by atoms with Gasteiger partial charge in [0.1, 0.15) is 5.76 Å². The highest BCUT2D eigenvalue weighted by Crippen LogP contribution is 2.44. The Balaban J connectivity index is 2.07. The SMILES string of the molecule is Cc1noc(C)c1-c1cnc2c(c1)CC(C(F)(F)F)=C2I. The lowest BCUT2D eigenvalue weighted by atomic mass is 10.0. The molecule has 0 aliphatic heterocycles. The monoisotopic (exact) mass is 406 g/mol. The molecule has 7 heteroatoms. The second-order valence-electron chi connectivity index (χ2n) is 4.90. The molecule has 3 rings (SSSR count). The van der Waals surface area contributed by atoms with Crippen LogP contribution in [0.2, 0.25) is 0 Å². The molecule has 0 bridgehead atoms. The lowest BCUT2D eigenvalue weighted by molar-refractivity contribution is -0.0918. The minimum atomic E-state index is -4.32. The molecule has 0 atom stereocenters. The lowest BCUT2D eigenvalue weighted by Crippen LogP contribution is -2.12. The minimum Gasteiger partial charge on any atom is -0.361 e. The van der Waals surface area contributed by atoms with Gasteiger partial charge in [0.25, 0.3) is 0 Å². The number of allylic oxidation sites excluding steroid dienone is 1. The Kier molecular flexibility index (Phi) is 3.34. The van der Waals surface area contributed by atoms with Crippen LogP contribution in [-0.4, -0.2) is 16.3 Å². The van der Waals surface area contributed by atoms with Gasteiger partial charge in [-0.1, -0.05) is 5.16 Å². The van der Waals surface area contributed by atoms with E-state index in [1.165, 1.54) is 0 Å². The first-order valence-corrected chi connectivity index (χ1v) is 7.25. The summed E-state index contributed by atoms with van der Waals surface area (Å²) in [4.78, 5) is 4.21. The number of hydrogen-bond donors (Lipinski definition) is 0. The maximum Gasteiger partial charge on any atom is 0.414 e. The molecular weight excluding hydrogens is 396 g/mol. The topological polar surface area (TPSA) is 38.9 Å². The van der Waals surface area contributed by atoms with Gasteiger partial charge >= 0.3 is 6.18 Å². The van der Waals surface area contributed by atoms with Gasteiger partial charge in [-0.3, -0.25) is 4.98 Å². The average Bonchev–Trinajstić information content (AvgIpc) is 2.90. The van der Waals surface area contributed by atoms with Crippen molar-refractivity contribution in [2.24, 2.45) is 0 Å². The summed E-state index contributed by atoms with van der Waals surface area (Å²) in [7, 11) is 0. The van der Waals surface area contributed by atoms with Gasteiger partial charge in [0.2, 0.25) is 0 Å². The van der Waals surface area contributed by atoms with Crippen LogP contribution < -0.4 is 0 Å². The van der Waals surface area contributed by atoms with E-state index in [-0.39, 0.29) is 10.0 Å².